The number of unbranched alkanes of at least 4 members (excludes halogenated alkanes) is 1. The van der Waals surface area contributed by atoms with E-state index in [-0.39, 0.29) is 31.3 Å². The highest BCUT2D eigenvalue weighted by Gasteiger charge is 2.78. The van der Waals surface area contributed by atoms with Crippen LogP contribution in [0.1, 0.15) is 66.2 Å². The highest BCUT2D eigenvalue weighted by molar-refractivity contribution is 6.01. The van der Waals surface area contributed by atoms with Crippen molar-refractivity contribution >= 4 is 17.5 Å². The van der Waals surface area contributed by atoms with Gasteiger partial charge in [-0.15, -0.1) is 0 Å². The van der Waals surface area contributed by atoms with E-state index in [1.165, 1.54) is 19.1 Å². The number of esters is 1. The number of aliphatic hydroxyl groups excluding tert-OH is 2. The molecule has 4 aliphatic carbocycles. The van der Waals surface area contributed by atoms with E-state index in [9.17, 15) is 24.6 Å². The Morgan fingerprint density at radius 2 is 1.91 bits per heavy atom. The van der Waals surface area contributed by atoms with E-state index in [1.807, 2.05) is 6.92 Å². The molecule has 8 heteroatoms. The van der Waals surface area contributed by atoms with Gasteiger partial charge in [0.25, 0.3) is 0 Å². The van der Waals surface area contributed by atoms with Crippen LogP contribution < -0.4 is 0 Å². The minimum atomic E-state index is -2.28. The Morgan fingerprint density at radius 3 is 2.54 bits per heavy atom. The molecule has 3 saturated carbocycles. The number of carbonyl (C=O) groups excluding carboxylic acids is 3. The second-order valence-corrected chi connectivity index (χ2v) is 11.4. The van der Waals surface area contributed by atoms with Gasteiger partial charge in [0, 0.05) is 29.1 Å². The lowest BCUT2D eigenvalue weighted by molar-refractivity contribution is -0.231. The van der Waals surface area contributed by atoms with Crippen LogP contribution in [0.5, 0.6) is 0 Å². The average molecular weight is 495 g/mol. The van der Waals surface area contributed by atoms with E-state index in [0.717, 1.165) is 12.5 Å². The van der Waals surface area contributed by atoms with Gasteiger partial charge in [-0.1, -0.05) is 33.3 Å². The van der Waals surface area contributed by atoms with Crippen LogP contribution in [-0.2, 0) is 19.1 Å². The molecule has 4 aliphatic rings. The predicted molar refractivity (Wildman–Crippen MR) is 124 cm³/mol. The van der Waals surface area contributed by atoms with Crippen molar-refractivity contribution in [1.29, 1.82) is 0 Å². The maximum atomic E-state index is 17.3. The third-order valence-electron chi connectivity index (χ3n) is 9.74. The summed E-state index contributed by atoms with van der Waals surface area (Å²) in [5, 5.41) is 21.3. The molecule has 0 bridgehead atoms. The van der Waals surface area contributed by atoms with Crippen LogP contribution in [0.4, 0.5) is 8.78 Å². The molecule has 0 aromatic heterocycles. The largest absolute Gasteiger partial charge is 0.450 e. The zero-order valence-electron chi connectivity index (χ0n) is 20.9. The lowest BCUT2D eigenvalue weighted by Gasteiger charge is -2.63. The van der Waals surface area contributed by atoms with E-state index >= 15 is 8.78 Å². The first-order valence-corrected chi connectivity index (χ1v) is 12.7. The van der Waals surface area contributed by atoms with E-state index in [4.69, 9.17) is 4.74 Å². The van der Waals surface area contributed by atoms with Crippen LogP contribution in [0.3, 0.4) is 0 Å². The van der Waals surface area contributed by atoms with E-state index < -0.39 is 76.3 Å². The Labute approximate surface area is 204 Å². The number of rotatable bonds is 6. The number of carbonyl (C=O) groups is 3. The molecule has 0 radical (unpaired) electrons. The zero-order valence-corrected chi connectivity index (χ0v) is 20.9. The molecular formula is C27H36F2O6. The van der Waals surface area contributed by atoms with Crippen molar-refractivity contribution in [2.24, 2.45) is 28.6 Å². The van der Waals surface area contributed by atoms with Gasteiger partial charge in [0.1, 0.15) is 12.8 Å². The fraction of sp³-hybridized carbons (Fsp3) is 0.741. The molecular weight excluding hydrogens is 458 g/mol. The van der Waals surface area contributed by atoms with Gasteiger partial charge in [-0.2, -0.15) is 0 Å². The molecule has 0 spiro atoms. The smallest absolute Gasteiger partial charge is 0.306 e. The van der Waals surface area contributed by atoms with Crippen molar-refractivity contribution in [3.05, 3.63) is 23.8 Å². The summed E-state index contributed by atoms with van der Waals surface area (Å²) in [4.78, 5) is 38.1. The summed E-state index contributed by atoms with van der Waals surface area (Å²) < 4.78 is 38.8. The molecule has 194 valence electrons. The van der Waals surface area contributed by atoms with Gasteiger partial charge in [-0.3, -0.25) is 14.4 Å². The lowest BCUT2D eigenvalue weighted by atomic mass is 9.44. The third kappa shape index (κ3) is 3.28. The quantitative estimate of drug-likeness (QED) is 0.548. The number of aliphatic hydroxyl groups is 2. The van der Waals surface area contributed by atoms with Gasteiger partial charge >= 0.3 is 5.97 Å². The van der Waals surface area contributed by atoms with E-state index in [2.05, 4.69) is 0 Å². The summed E-state index contributed by atoms with van der Waals surface area (Å²) in [6.45, 7) is 6.01. The summed E-state index contributed by atoms with van der Waals surface area (Å²) in [5.41, 5.74) is -6.74. The number of hydrogen-bond acceptors (Lipinski definition) is 6. The van der Waals surface area contributed by atoms with Crippen LogP contribution in [0.2, 0.25) is 0 Å². The Balaban J connectivity index is 1.83. The number of allylic oxidation sites excluding steroid dienone is 4. The number of ketones is 2. The highest BCUT2D eigenvalue weighted by atomic mass is 19.1. The normalized spacial score (nSPS) is 46.3. The van der Waals surface area contributed by atoms with E-state index in [1.54, 1.807) is 13.8 Å². The second kappa shape index (κ2) is 8.58. The van der Waals surface area contributed by atoms with Crippen LogP contribution in [0, 0.1) is 28.6 Å². The number of fused-ring (bicyclic) bond motifs is 5. The molecule has 0 aromatic rings. The van der Waals surface area contributed by atoms with Gasteiger partial charge in [0.15, 0.2) is 17.1 Å². The Hall–Kier alpha value is -1.93. The molecule has 3 fully saturated rings. The summed E-state index contributed by atoms with van der Waals surface area (Å²) in [6, 6.07) is 0. The van der Waals surface area contributed by atoms with Crippen molar-refractivity contribution in [2.75, 3.05) is 6.61 Å². The topological polar surface area (TPSA) is 101 Å². The third-order valence-corrected chi connectivity index (χ3v) is 9.74. The monoisotopic (exact) mass is 494 g/mol. The van der Waals surface area contributed by atoms with Gasteiger partial charge < -0.3 is 14.9 Å². The van der Waals surface area contributed by atoms with Crippen molar-refractivity contribution in [1.82, 2.24) is 0 Å². The first-order chi connectivity index (χ1) is 16.3. The fourth-order valence-corrected chi connectivity index (χ4v) is 8.06. The molecule has 0 heterocycles. The molecule has 0 aliphatic heterocycles. The maximum Gasteiger partial charge on any atom is 0.306 e. The molecule has 9 atom stereocenters. The number of ether oxygens (including phenoxy) is 1. The standard InChI is InChI=1S/C27H36F2O6/c1-5-6-7-23(34)35-27(22(33)14-30)15(2)10-17-18-12-20(28)19-11-16(31)8-9-24(19,3)26(18,29)21(32)13-25(17,27)4/h8-9,11,15,17-18,20-21,30,32H,5-7,10,12-14H2,1-4H3/t15-,17+,18+,20+,21?,24+,25+,26+,27+/m1/s1. The number of Topliss-reactive ketones (excluding diaryl/α,β-unsaturated/α-hetero) is 1. The summed E-state index contributed by atoms with van der Waals surface area (Å²) in [7, 11) is 0. The summed E-state index contributed by atoms with van der Waals surface area (Å²) in [5.74, 6) is -3.82. The molecule has 0 amide bonds. The van der Waals surface area contributed by atoms with Gasteiger partial charge in [0.05, 0.1) is 6.10 Å². The minimum absolute atomic E-state index is 0.0288. The van der Waals surface area contributed by atoms with Gasteiger partial charge in [-0.25, -0.2) is 8.78 Å². The predicted octanol–water partition coefficient (Wildman–Crippen LogP) is 3.58. The van der Waals surface area contributed by atoms with Crippen LogP contribution in [0.15, 0.2) is 23.8 Å². The molecule has 0 aromatic carbocycles. The van der Waals surface area contributed by atoms with Crippen molar-refractivity contribution in [2.45, 2.75) is 89.8 Å². The SMILES string of the molecule is CCCCC(=O)O[C@]1(C(=O)CO)[C@H](C)C[C@H]2[C@@H]3C[C@H](F)C4=CC(=O)C=C[C@]4(C)[C@@]3(F)C(O)C[C@@]21C. The maximum absolute atomic E-state index is 17.3. The summed E-state index contributed by atoms with van der Waals surface area (Å²) in [6.07, 6.45) is 1.74. The number of halogens is 2. The Bertz CT molecular complexity index is 992. The first-order valence-electron chi connectivity index (χ1n) is 12.7. The number of alkyl halides is 2. The first kappa shape index (κ1) is 26.1. The van der Waals surface area contributed by atoms with Crippen LogP contribution in [-0.4, -0.2) is 57.9 Å². The van der Waals surface area contributed by atoms with Gasteiger partial charge in [0.2, 0.25) is 5.78 Å². The van der Waals surface area contributed by atoms with Crippen molar-refractivity contribution in [3.63, 3.8) is 0 Å². The second-order valence-electron chi connectivity index (χ2n) is 11.4. The van der Waals surface area contributed by atoms with E-state index in [0.29, 0.717) is 6.42 Å². The molecule has 2 N–H and O–H groups in total. The molecule has 0 saturated heterocycles. The lowest BCUT2D eigenvalue weighted by Crippen LogP contribution is -2.71. The minimum Gasteiger partial charge on any atom is -0.450 e. The average Bonchev–Trinajstić information content (AvgIpc) is 3.02. The fourth-order valence-electron chi connectivity index (χ4n) is 8.06. The summed E-state index contributed by atoms with van der Waals surface area (Å²) >= 11 is 0. The zero-order chi connectivity index (χ0) is 26.0. The van der Waals surface area contributed by atoms with Gasteiger partial charge in [-0.05, 0) is 56.3 Å². The Kier molecular flexibility index (Phi) is 6.41. The van der Waals surface area contributed by atoms with Crippen LogP contribution in [0.25, 0.3) is 0 Å². The molecule has 35 heavy (non-hydrogen) atoms. The molecule has 6 nitrogen and oxygen atoms in total. The Morgan fingerprint density at radius 1 is 1.23 bits per heavy atom. The van der Waals surface area contributed by atoms with Crippen molar-refractivity contribution < 1.29 is 38.1 Å². The highest BCUT2D eigenvalue weighted by Crippen LogP contribution is 2.71. The molecule has 1 unspecified atom stereocenters. The number of hydrogen-bond donors (Lipinski definition) is 2. The van der Waals surface area contributed by atoms with Crippen molar-refractivity contribution in [3.8, 4) is 0 Å². The molecule has 4 rings (SSSR count). The van der Waals surface area contributed by atoms with Crippen LogP contribution >= 0.6 is 0 Å².